The first-order valence-electron chi connectivity index (χ1n) is 10.5. The van der Waals surface area contributed by atoms with Gasteiger partial charge in [-0.05, 0) is 46.9 Å². The fraction of sp³-hybridized carbons (Fsp3) is 0.458. The average molecular weight is 408 g/mol. The molecule has 1 saturated heterocycles. The maximum absolute atomic E-state index is 13.1. The number of rotatable bonds is 4. The molecule has 0 aromatic heterocycles. The van der Waals surface area contributed by atoms with E-state index in [1.807, 2.05) is 42.5 Å². The molecule has 1 N–H and O–H groups in total. The van der Waals surface area contributed by atoms with Crippen LogP contribution in [0.25, 0.3) is 10.8 Å². The number of esters is 1. The van der Waals surface area contributed by atoms with E-state index in [1.54, 1.807) is 0 Å². The van der Waals surface area contributed by atoms with E-state index in [1.165, 1.54) is 0 Å². The Bertz CT molecular complexity index is 1010. The van der Waals surface area contributed by atoms with E-state index in [9.17, 15) is 14.4 Å². The van der Waals surface area contributed by atoms with Crippen LogP contribution in [0.5, 0.6) is 0 Å². The zero-order chi connectivity index (χ0) is 21.5. The van der Waals surface area contributed by atoms with Gasteiger partial charge < -0.3 is 10.1 Å². The molecule has 0 radical (unpaired) electrons. The number of hydrogen-bond donors (Lipinski definition) is 1. The number of benzene rings is 2. The molecule has 0 unspecified atom stereocenters. The lowest BCUT2D eigenvalue weighted by molar-refractivity contribution is -0.149. The Morgan fingerprint density at radius 1 is 1.13 bits per heavy atom. The third kappa shape index (κ3) is 3.78. The summed E-state index contributed by atoms with van der Waals surface area (Å²) in [5, 5.41) is 4.97. The molecular formula is C24H28N2O4. The van der Waals surface area contributed by atoms with Crippen LogP contribution in [0.2, 0.25) is 0 Å². The molecule has 1 aliphatic heterocycles. The minimum absolute atomic E-state index is 0.0501. The van der Waals surface area contributed by atoms with E-state index in [2.05, 4.69) is 26.1 Å². The molecule has 6 nitrogen and oxygen atoms in total. The van der Waals surface area contributed by atoms with Gasteiger partial charge in [0.15, 0.2) is 0 Å². The molecule has 1 heterocycles. The summed E-state index contributed by atoms with van der Waals surface area (Å²) < 4.78 is 5.42. The number of urea groups is 1. The van der Waals surface area contributed by atoms with Crippen LogP contribution in [-0.4, -0.2) is 34.9 Å². The van der Waals surface area contributed by atoms with Crippen molar-refractivity contribution < 1.29 is 19.1 Å². The van der Waals surface area contributed by atoms with Crippen LogP contribution in [0, 0.1) is 11.3 Å². The van der Waals surface area contributed by atoms with Gasteiger partial charge in [0.1, 0.15) is 18.7 Å². The smallest absolute Gasteiger partial charge is 0.326 e. The lowest BCUT2D eigenvalue weighted by Gasteiger charge is -2.43. The van der Waals surface area contributed by atoms with Crippen molar-refractivity contribution in [3.05, 3.63) is 48.0 Å². The summed E-state index contributed by atoms with van der Waals surface area (Å²) in [7, 11) is 0. The number of nitrogens with one attached hydrogen (secondary N) is 1. The molecule has 2 aromatic carbocycles. The van der Waals surface area contributed by atoms with Gasteiger partial charge >= 0.3 is 12.0 Å². The third-order valence-corrected chi connectivity index (χ3v) is 6.18. The molecule has 1 aliphatic carbocycles. The van der Waals surface area contributed by atoms with Crippen molar-refractivity contribution in [3.63, 3.8) is 0 Å². The molecule has 158 valence electrons. The summed E-state index contributed by atoms with van der Waals surface area (Å²) in [5.74, 6) is -0.586. The highest BCUT2D eigenvalue weighted by molar-refractivity contribution is 6.08. The molecule has 3 amide bonds. The van der Waals surface area contributed by atoms with Crippen molar-refractivity contribution in [2.75, 3.05) is 6.54 Å². The lowest BCUT2D eigenvalue weighted by atomic mass is 9.64. The molecule has 1 spiro atoms. The van der Waals surface area contributed by atoms with Crippen molar-refractivity contribution in [2.24, 2.45) is 11.3 Å². The lowest BCUT2D eigenvalue weighted by Crippen LogP contribution is -2.54. The van der Waals surface area contributed by atoms with Crippen LogP contribution in [0.3, 0.4) is 0 Å². The number of imide groups is 1. The Kier molecular flexibility index (Phi) is 5.04. The zero-order valence-electron chi connectivity index (χ0n) is 17.7. The molecule has 4 rings (SSSR count). The highest BCUT2D eigenvalue weighted by Gasteiger charge is 2.56. The van der Waals surface area contributed by atoms with Gasteiger partial charge in [-0.1, -0.05) is 63.2 Å². The number of hydrogen-bond acceptors (Lipinski definition) is 4. The van der Waals surface area contributed by atoms with Crippen molar-refractivity contribution in [2.45, 2.75) is 52.2 Å². The molecule has 2 fully saturated rings. The van der Waals surface area contributed by atoms with Crippen molar-refractivity contribution in [1.29, 1.82) is 0 Å². The minimum Gasteiger partial charge on any atom is -0.459 e. The topological polar surface area (TPSA) is 75.7 Å². The summed E-state index contributed by atoms with van der Waals surface area (Å²) in [5.41, 5.74) is -0.0717. The average Bonchev–Trinajstić information content (AvgIpc) is 2.88. The van der Waals surface area contributed by atoms with E-state index in [0.717, 1.165) is 27.7 Å². The fourth-order valence-electron chi connectivity index (χ4n) is 5.40. The molecule has 2 aromatic rings. The van der Waals surface area contributed by atoms with E-state index in [4.69, 9.17) is 4.74 Å². The maximum atomic E-state index is 13.1. The second kappa shape index (κ2) is 7.42. The van der Waals surface area contributed by atoms with Crippen molar-refractivity contribution >= 4 is 28.7 Å². The molecule has 1 saturated carbocycles. The van der Waals surface area contributed by atoms with E-state index in [0.29, 0.717) is 18.8 Å². The van der Waals surface area contributed by atoms with Gasteiger partial charge in [-0.25, -0.2) is 4.79 Å². The van der Waals surface area contributed by atoms with Gasteiger partial charge in [0, 0.05) is 0 Å². The number of nitrogens with zero attached hydrogens (tertiary/aromatic N) is 1. The van der Waals surface area contributed by atoms with Gasteiger partial charge in [0.25, 0.3) is 5.91 Å². The molecule has 2 atom stereocenters. The van der Waals surface area contributed by atoms with Crippen LogP contribution in [0.15, 0.2) is 42.5 Å². The Hall–Kier alpha value is -2.89. The minimum atomic E-state index is -0.909. The summed E-state index contributed by atoms with van der Waals surface area (Å²) in [6.07, 6.45) is 2.18. The summed E-state index contributed by atoms with van der Waals surface area (Å²) >= 11 is 0. The largest absolute Gasteiger partial charge is 0.459 e. The SMILES string of the molecule is C[C@@H]1CC(C)(C)C[C@@]2(C1)NC(=O)N(CC(=O)OCc1cccc3ccccc13)C2=O. The Balaban J connectivity index is 1.43. The van der Waals surface area contributed by atoms with E-state index < -0.39 is 17.5 Å². The van der Waals surface area contributed by atoms with E-state index in [-0.39, 0.29) is 24.5 Å². The highest BCUT2D eigenvalue weighted by Crippen LogP contribution is 2.46. The highest BCUT2D eigenvalue weighted by atomic mass is 16.5. The standard InChI is InChI=1S/C24H28N2O4/c1-16-11-23(2,3)15-24(12-16)21(28)26(22(29)25-24)13-20(27)30-14-18-9-6-8-17-7-4-5-10-19(17)18/h4-10,16H,11-15H2,1-3H3,(H,25,29)/t16-,24-/m1/s1. The Morgan fingerprint density at radius 3 is 2.63 bits per heavy atom. The second-order valence-corrected chi connectivity index (χ2v) is 9.56. The van der Waals surface area contributed by atoms with E-state index >= 15 is 0 Å². The van der Waals surface area contributed by atoms with Gasteiger partial charge in [0.2, 0.25) is 0 Å². The Labute approximate surface area is 176 Å². The van der Waals surface area contributed by atoms with Gasteiger partial charge in [-0.2, -0.15) is 0 Å². The molecular weight excluding hydrogens is 380 g/mol. The van der Waals surface area contributed by atoms with Crippen LogP contribution in [0.4, 0.5) is 4.79 Å². The van der Waals surface area contributed by atoms with Gasteiger partial charge in [0.05, 0.1) is 0 Å². The summed E-state index contributed by atoms with van der Waals surface area (Å²) in [6.45, 7) is 6.06. The van der Waals surface area contributed by atoms with Crippen LogP contribution in [-0.2, 0) is 20.9 Å². The quantitative estimate of drug-likeness (QED) is 0.612. The predicted molar refractivity (Wildman–Crippen MR) is 114 cm³/mol. The number of carbonyl (C=O) groups excluding carboxylic acids is 3. The normalized spacial score (nSPS) is 25.6. The Morgan fingerprint density at radius 2 is 1.87 bits per heavy atom. The molecule has 2 aliphatic rings. The molecule has 30 heavy (non-hydrogen) atoms. The van der Waals surface area contributed by atoms with Gasteiger partial charge in [-0.3, -0.25) is 14.5 Å². The number of amides is 3. The number of ether oxygens (including phenoxy) is 1. The van der Waals surface area contributed by atoms with Gasteiger partial charge in [-0.15, -0.1) is 0 Å². The third-order valence-electron chi connectivity index (χ3n) is 6.18. The first kappa shape index (κ1) is 20.4. The first-order chi connectivity index (χ1) is 14.2. The second-order valence-electron chi connectivity index (χ2n) is 9.56. The fourth-order valence-corrected chi connectivity index (χ4v) is 5.40. The monoisotopic (exact) mass is 408 g/mol. The van der Waals surface area contributed by atoms with Crippen LogP contribution < -0.4 is 5.32 Å². The predicted octanol–water partition coefficient (Wildman–Crippen LogP) is 4.02. The molecule has 6 heteroatoms. The number of carbonyl (C=O) groups is 3. The maximum Gasteiger partial charge on any atom is 0.326 e. The van der Waals surface area contributed by atoms with Crippen molar-refractivity contribution in [1.82, 2.24) is 10.2 Å². The van der Waals surface area contributed by atoms with Crippen LogP contribution >= 0.6 is 0 Å². The summed E-state index contributed by atoms with van der Waals surface area (Å²) in [6, 6.07) is 13.2. The summed E-state index contributed by atoms with van der Waals surface area (Å²) in [4.78, 5) is 39.2. The first-order valence-corrected chi connectivity index (χ1v) is 10.5. The van der Waals surface area contributed by atoms with Crippen molar-refractivity contribution in [3.8, 4) is 0 Å². The zero-order valence-corrected chi connectivity index (χ0v) is 17.7. The van der Waals surface area contributed by atoms with Crippen LogP contribution in [0.1, 0.15) is 45.6 Å². The number of fused-ring (bicyclic) bond motifs is 1. The molecule has 0 bridgehead atoms.